The molecule has 4 nitrogen and oxygen atoms in total. The highest BCUT2D eigenvalue weighted by atomic mass is 31.2. The molecule has 0 saturated carbocycles. The third-order valence-corrected chi connectivity index (χ3v) is 4.39. The van der Waals surface area contributed by atoms with Crippen LogP contribution in [0.4, 0.5) is 0 Å². The van der Waals surface area contributed by atoms with Gasteiger partial charge in [0.2, 0.25) is 0 Å². The molecule has 0 rings (SSSR count). The first-order chi connectivity index (χ1) is 8.24. The molecule has 0 aromatic carbocycles. The van der Waals surface area contributed by atoms with Gasteiger partial charge in [-0.3, -0.25) is 13.6 Å². The number of hydrogen-bond acceptors (Lipinski definition) is 4. The highest BCUT2D eigenvalue weighted by molar-refractivity contribution is 7.48. The first-order valence-electron chi connectivity index (χ1n) is 6.75. The van der Waals surface area contributed by atoms with Crippen molar-refractivity contribution in [3.05, 3.63) is 0 Å². The highest BCUT2D eigenvalue weighted by Gasteiger charge is 2.41. The number of rotatable bonds is 6. The van der Waals surface area contributed by atoms with Crippen LogP contribution in [0.3, 0.4) is 0 Å². The van der Waals surface area contributed by atoms with Crippen LogP contribution in [0.1, 0.15) is 68.2 Å². The molecule has 0 unspecified atom stereocenters. The van der Waals surface area contributed by atoms with Crippen LogP contribution in [0.25, 0.3) is 0 Å². The Kier molecular flexibility index (Phi) is 6.36. The van der Waals surface area contributed by atoms with Crippen molar-refractivity contribution in [2.75, 3.05) is 0 Å². The van der Waals surface area contributed by atoms with Gasteiger partial charge in [0.05, 0.1) is 11.2 Å². The van der Waals surface area contributed by atoms with Crippen LogP contribution in [-0.2, 0) is 18.1 Å². The molecule has 19 heavy (non-hydrogen) atoms. The van der Waals surface area contributed by atoms with Gasteiger partial charge in [-0.05, 0) is 54.4 Å². The first kappa shape index (κ1) is 19.2. The van der Waals surface area contributed by atoms with Gasteiger partial charge in [0.1, 0.15) is 7.85 Å². The van der Waals surface area contributed by atoms with Gasteiger partial charge >= 0.3 is 7.82 Å². The van der Waals surface area contributed by atoms with Crippen molar-refractivity contribution < 1.29 is 18.1 Å². The Morgan fingerprint density at radius 1 is 0.842 bits per heavy atom. The van der Waals surface area contributed by atoms with Crippen LogP contribution in [0.2, 0.25) is 0 Å². The van der Waals surface area contributed by atoms with Crippen molar-refractivity contribution in [2.24, 2.45) is 0 Å². The molecule has 0 aliphatic heterocycles. The largest absolute Gasteiger partial charge is 0.475 e. The van der Waals surface area contributed by atoms with Crippen LogP contribution in [0.5, 0.6) is 0 Å². The van der Waals surface area contributed by atoms with E-state index in [4.69, 9.17) is 21.4 Å². The first-order valence-corrected chi connectivity index (χ1v) is 8.21. The zero-order valence-corrected chi connectivity index (χ0v) is 14.5. The highest BCUT2D eigenvalue weighted by Crippen LogP contribution is 2.58. The van der Waals surface area contributed by atoms with Gasteiger partial charge in [-0.15, -0.1) is 0 Å². The van der Waals surface area contributed by atoms with Gasteiger partial charge in [0.15, 0.2) is 0 Å². The summed E-state index contributed by atoms with van der Waals surface area (Å²) in [5, 5.41) is 0. The number of hydrogen-bond donors (Lipinski definition) is 0. The smallest absolute Gasteiger partial charge is 0.290 e. The Bertz CT molecular complexity index is 307. The van der Waals surface area contributed by atoms with E-state index in [2.05, 4.69) is 0 Å². The third kappa shape index (κ3) is 8.14. The standard InChI is InChI=1S/C13H28BO4P/c1-9-13(14,10-2)18-19(15,16-11(3,4)5)17-12(6,7)8/h9-10H2,1-8H3. The van der Waals surface area contributed by atoms with E-state index in [1.165, 1.54) is 0 Å². The third-order valence-electron chi connectivity index (χ3n) is 2.26. The van der Waals surface area contributed by atoms with Crippen molar-refractivity contribution in [3.8, 4) is 0 Å². The lowest BCUT2D eigenvalue weighted by Crippen LogP contribution is -2.34. The van der Waals surface area contributed by atoms with Crippen molar-refractivity contribution in [2.45, 2.75) is 84.9 Å². The van der Waals surface area contributed by atoms with E-state index in [0.29, 0.717) is 12.8 Å². The maximum atomic E-state index is 12.8. The predicted octanol–water partition coefficient (Wildman–Crippen LogP) is 4.43. The lowest BCUT2D eigenvalue weighted by atomic mass is 9.77. The minimum atomic E-state index is -3.74. The Hall–Kier alpha value is 0.175. The Balaban J connectivity index is 5.23. The van der Waals surface area contributed by atoms with Gasteiger partial charge in [-0.25, -0.2) is 4.57 Å². The molecule has 0 aliphatic carbocycles. The maximum Gasteiger partial charge on any atom is 0.475 e. The number of phosphoric ester groups is 1. The lowest BCUT2D eigenvalue weighted by molar-refractivity contribution is -0.0214. The van der Waals surface area contributed by atoms with E-state index in [-0.39, 0.29) is 0 Å². The van der Waals surface area contributed by atoms with Crippen LogP contribution >= 0.6 is 7.82 Å². The van der Waals surface area contributed by atoms with E-state index in [1.54, 1.807) is 41.5 Å². The quantitative estimate of drug-likeness (QED) is 0.536. The van der Waals surface area contributed by atoms with Crippen molar-refractivity contribution in [1.29, 1.82) is 0 Å². The van der Waals surface area contributed by atoms with Crippen LogP contribution in [0.15, 0.2) is 0 Å². The SMILES string of the molecule is [B]C(CC)(CC)OP(=O)(OC(C)(C)C)OC(C)(C)C. The zero-order valence-electron chi connectivity index (χ0n) is 13.6. The minimum absolute atomic E-state index is 0.522. The summed E-state index contributed by atoms with van der Waals surface area (Å²) in [5.41, 5.74) is -2.31. The molecule has 0 amide bonds. The van der Waals surface area contributed by atoms with Gasteiger partial charge in [0, 0.05) is 5.50 Å². The Morgan fingerprint density at radius 3 is 1.37 bits per heavy atom. The van der Waals surface area contributed by atoms with Crippen LogP contribution in [-0.4, -0.2) is 24.5 Å². The van der Waals surface area contributed by atoms with Gasteiger partial charge in [0.25, 0.3) is 0 Å². The monoisotopic (exact) mass is 290 g/mol. The molecule has 2 radical (unpaired) electrons. The summed E-state index contributed by atoms with van der Waals surface area (Å²) in [6.45, 7) is 14.5. The van der Waals surface area contributed by atoms with E-state index in [1.807, 2.05) is 13.8 Å². The summed E-state index contributed by atoms with van der Waals surface area (Å²) in [4.78, 5) is 0. The van der Waals surface area contributed by atoms with E-state index in [0.717, 1.165) is 0 Å². The lowest BCUT2D eigenvalue weighted by Gasteiger charge is -2.37. The van der Waals surface area contributed by atoms with Crippen LogP contribution < -0.4 is 0 Å². The van der Waals surface area contributed by atoms with E-state index < -0.39 is 24.5 Å². The van der Waals surface area contributed by atoms with E-state index >= 15 is 0 Å². The molecule has 112 valence electrons. The fraction of sp³-hybridized carbons (Fsp3) is 1.00. The van der Waals surface area contributed by atoms with Crippen molar-refractivity contribution >= 4 is 15.7 Å². The molecular formula is C13H28BO4P. The summed E-state index contributed by atoms with van der Waals surface area (Å²) in [5.74, 6) is 0. The fourth-order valence-electron chi connectivity index (χ4n) is 1.33. The molecule has 0 saturated heterocycles. The average molecular weight is 290 g/mol. The molecule has 0 N–H and O–H groups in total. The second-order valence-electron chi connectivity index (χ2n) is 6.72. The van der Waals surface area contributed by atoms with Gasteiger partial charge in [-0.1, -0.05) is 13.8 Å². The topological polar surface area (TPSA) is 44.8 Å². The maximum absolute atomic E-state index is 12.8. The summed E-state index contributed by atoms with van der Waals surface area (Å²) in [7, 11) is 2.32. The molecule has 0 bridgehead atoms. The molecule has 0 heterocycles. The Morgan fingerprint density at radius 2 is 1.16 bits per heavy atom. The molecule has 6 heteroatoms. The summed E-state index contributed by atoms with van der Waals surface area (Å²) in [6.07, 6.45) is 1.04. The molecule has 0 aliphatic rings. The van der Waals surface area contributed by atoms with Gasteiger partial charge in [-0.2, -0.15) is 0 Å². The Labute approximate surface area is 119 Å². The second kappa shape index (κ2) is 6.30. The average Bonchev–Trinajstić information content (AvgIpc) is 2.10. The summed E-state index contributed by atoms with van der Waals surface area (Å²) >= 11 is 0. The predicted molar refractivity (Wildman–Crippen MR) is 79.4 cm³/mol. The number of phosphoric acid groups is 1. The van der Waals surface area contributed by atoms with Crippen molar-refractivity contribution in [3.63, 3.8) is 0 Å². The molecule has 0 aromatic heterocycles. The van der Waals surface area contributed by atoms with Crippen LogP contribution in [0, 0.1) is 0 Å². The fourth-order valence-corrected chi connectivity index (χ4v) is 3.49. The second-order valence-corrected chi connectivity index (χ2v) is 8.16. The van der Waals surface area contributed by atoms with E-state index in [9.17, 15) is 4.57 Å². The molecule has 0 atom stereocenters. The summed E-state index contributed by atoms with van der Waals surface area (Å²) in [6, 6.07) is 0. The summed E-state index contributed by atoms with van der Waals surface area (Å²) < 4.78 is 29.5. The molecule has 0 aromatic rings. The normalized spacial score (nSPS) is 14.7. The molecule has 0 fully saturated rings. The van der Waals surface area contributed by atoms with Crippen molar-refractivity contribution in [1.82, 2.24) is 0 Å². The zero-order chi connectivity index (χ0) is 15.5. The molecule has 0 spiro atoms. The minimum Gasteiger partial charge on any atom is -0.290 e. The van der Waals surface area contributed by atoms with Gasteiger partial charge < -0.3 is 0 Å². The molecular weight excluding hydrogens is 262 g/mol.